The van der Waals surface area contributed by atoms with Gasteiger partial charge in [0.05, 0.1) is 6.54 Å². The molecule has 2 amide bonds. The van der Waals surface area contributed by atoms with Gasteiger partial charge in [-0.05, 0) is 36.8 Å². The van der Waals surface area contributed by atoms with Crippen LogP contribution < -0.4 is 20.1 Å². The number of methoxy groups -OCH3 is 1. The predicted molar refractivity (Wildman–Crippen MR) is 105 cm³/mol. The molecule has 0 aromatic heterocycles. The molecule has 148 valence electrons. The largest absolute Gasteiger partial charge is 0.486 e. The lowest BCUT2D eigenvalue weighted by Gasteiger charge is -2.29. The number of carbonyl (C=O) groups is 2. The van der Waals surface area contributed by atoms with E-state index in [1.165, 1.54) is 7.11 Å². The van der Waals surface area contributed by atoms with E-state index < -0.39 is 17.4 Å². The maximum Gasteiger partial charge on any atom is 0.313 e. The molecular formula is C20H21ClN2O5. The van der Waals surface area contributed by atoms with Gasteiger partial charge in [0.1, 0.15) is 18.8 Å². The lowest BCUT2D eigenvalue weighted by molar-refractivity contribution is -0.137. The molecule has 0 spiro atoms. The Bertz CT molecular complexity index is 889. The second kappa shape index (κ2) is 8.50. The average Bonchev–Trinajstić information content (AvgIpc) is 2.71. The molecule has 0 saturated carbocycles. The standard InChI is InChI=1S/C20H21ClN2O5/c1-20(26-2,13-4-3-5-14(21)10-13)12-22-18(24)19(25)23-15-6-7-16-17(11-15)28-9-8-27-16/h3-7,10-11H,8-9,12H2,1-2H3,(H,22,24)(H,23,25). The maximum absolute atomic E-state index is 12.2. The van der Waals surface area contributed by atoms with E-state index >= 15 is 0 Å². The molecule has 1 aliphatic heterocycles. The van der Waals surface area contributed by atoms with Gasteiger partial charge in [0, 0.05) is 23.9 Å². The molecule has 0 bridgehead atoms. The molecule has 7 nitrogen and oxygen atoms in total. The quantitative estimate of drug-likeness (QED) is 0.748. The Morgan fingerprint density at radius 2 is 1.86 bits per heavy atom. The first-order valence-electron chi connectivity index (χ1n) is 8.71. The van der Waals surface area contributed by atoms with Crippen molar-refractivity contribution in [1.82, 2.24) is 5.32 Å². The number of hydrogen-bond donors (Lipinski definition) is 2. The molecule has 0 saturated heterocycles. The zero-order chi connectivity index (χ0) is 20.1. The van der Waals surface area contributed by atoms with Crippen molar-refractivity contribution in [3.63, 3.8) is 0 Å². The zero-order valence-corrected chi connectivity index (χ0v) is 16.3. The minimum Gasteiger partial charge on any atom is -0.486 e. The fourth-order valence-corrected chi connectivity index (χ4v) is 2.94. The number of carbonyl (C=O) groups excluding carboxylic acids is 2. The molecule has 0 radical (unpaired) electrons. The molecule has 28 heavy (non-hydrogen) atoms. The molecule has 1 aliphatic rings. The van der Waals surface area contributed by atoms with Crippen LogP contribution in [0.5, 0.6) is 11.5 Å². The number of halogens is 1. The van der Waals surface area contributed by atoms with Gasteiger partial charge in [0.15, 0.2) is 11.5 Å². The van der Waals surface area contributed by atoms with Crippen LogP contribution in [-0.4, -0.2) is 38.7 Å². The van der Waals surface area contributed by atoms with E-state index in [9.17, 15) is 9.59 Å². The minimum atomic E-state index is -0.835. The number of benzene rings is 2. The Kier molecular flexibility index (Phi) is 6.06. The molecule has 2 aromatic rings. The molecule has 2 N–H and O–H groups in total. The zero-order valence-electron chi connectivity index (χ0n) is 15.6. The van der Waals surface area contributed by atoms with Crippen LogP contribution in [0.1, 0.15) is 12.5 Å². The van der Waals surface area contributed by atoms with E-state index in [1.54, 1.807) is 43.3 Å². The first-order chi connectivity index (χ1) is 13.4. The highest BCUT2D eigenvalue weighted by atomic mass is 35.5. The van der Waals surface area contributed by atoms with Gasteiger partial charge in [-0.2, -0.15) is 0 Å². The highest BCUT2D eigenvalue weighted by molar-refractivity contribution is 6.39. The number of fused-ring (bicyclic) bond motifs is 1. The molecule has 3 rings (SSSR count). The van der Waals surface area contributed by atoms with Gasteiger partial charge in [-0.25, -0.2) is 0 Å². The van der Waals surface area contributed by atoms with Crippen LogP contribution in [0.25, 0.3) is 0 Å². The number of anilines is 1. The second-order valence-electron chi connectivity index (χ2n) is 6.44. The van der Waals surface area contributed by atoms with Crippen LogP contribution >= 0.6 is 11.6 Å². The topological polar surface area (TPSA) is 85.9 Å². The van der Waals surface area contributed by atoms with Crippen molar-refractivity contribution >= 4 is 29.1 Å². The van der Waals surface area contributed by atoms with Crippen LogP contribution in [0.15, 0.2) is 42.5 Å². The van der Waals surface area contributed by atoms with E-state index in [-0.39, 0.29) is 6.54 Å². The third-order valence-electron chi connectivity index (χ3n) is 4.48. The van der Waals surface area contributed by atoms with Gasteiger partial charge in [-0.1, -0.05) is 23.7 Å². The van der Waals surface area contributed by atoms with E-state index in [2.05, 4.69) is 10.6 Å². The lowest BCUT2D eigenvalue weighted by Crippen LogP contribution is -2.44. The smallest absolute Gasteiger partial charge is 0.313 e. The van der Waals surface area contributed by atoms with Crippen LogP contribution in [0.2, 0.25) is 5.02 Å². The number of amides is 2. The lowest BCUT2D eigenvalue weighted by atomic mass is 9.95. The van der Waals surface area contributed by atoms with E-state index in [0.29, 0.717) is 35.4 Å². The SMILES string of the molecule is COC(C)(CNC(=O)C(=O)Nc1ccc2c(c1)OCCO2)c1cccc(Cl)c1. The highest BCUT2D eigenvalue weighted by Gasteiger charge is 2.28. The Hall–Kier alpha value is -2.77. The fraction of sp³-hybridized carbons (Fsp3) is 0.300. The van der Waals surface area contributed by atoms with Crippen molar-refractivity contribution in [2.75, 3.05) is 32.2 Å². The van der Waals surface area contributed by atoms with Gasteiger partial charge >= 0.3 is 11.8 Å². The predicted octanol–water partition coefficient (Wildman–Crippen LogP) is 2.73. The van der Waals surface area contributed by atoms with Crippen molar-refractivity contribution in [3.8, 4) is 11.5 Å². The van der Waals surface area contributed by atoms with Gasteiger partial charge < -0.3 is 24.8 Å². The molecule has 0 aliphatic carbocycles. The maximum atomic E-state index is 12.2. The van der Waals surface area contributed by atoms with Crippen LogP contribution in [0.4, 0.5) is 5.69 Å². The summed E-state index contributed by atoms with van der Waals surface area (Å²) in [5, 5.41) is 5.70. The molecule has 1 unspecified atom stereocenters. The molecule has 1 atom stereocenters. The number of ether oxygens (including phenoxy) is 3. The first-order valence-corrected chi connectivity index (χ1v) is 9.09. The molecule has 2 aromatic carbocycles. The summed E-state index contributed by atoms with van der Waals surface area (Å²) in [5.41, 5.74) is 0.390. The van der Waals surface area contributed by atoms with E-state index in [4.69, 9.17) is 25.8 Å². The van der Waals surface area contributed by atoms with Crippen molar-refractivity contribution in [2.24, 2.45) is 0 Å². The number of nitrogens with one attached hydrogen (secondary N) is 2. The molecule has 8 heteroatoms. The first kappa shape index (κ1) is 20.0. The van der Waals surface area contributed by atoms with Crippen molar-refractivity contribution < 1.29 is 23.8 Å². The summed E-state index contributed by atoms with van der Waals surface area (Å²) in [4.78, 5) is 24.5. The normalized spacial score (nSPS) is 14.7. The average molecular weight is 405 g/mol. The highest BCUT2D eigenvalue weighted by Crippen LogP contribution is 2.32. The third-order valence-corrected chi connectivity index (χ3v) is 4.71. The van der Waals surface area contributed by atoms with Crippen molar-refractivity contribution in [1.29, 1.82) is 0 Å². The Balaban J connectivity index is 1.61. The minimum absolute atomic E-state index is 0.0945. The van der Waals surface area contributed by atoms with Gasteiger partial charge in [-0.15, -0.1) is 0 Å². The van der Waals surface area contributed by atoms with Gasteiger partial charge in [0.2, 0.25) is 0 Å². The molecule has 0 fully saturated rings. The Morgan fingerprint density at radius 3 is 2.57 bits per heavy atom. The third kappa shape index (κ3) is 4.55. The Labute approximate surface area is 167 Å². The fourth-order valence-electron chi connectivity index (χ4n) is 2.75. The number of rotatable bonds is 5. The molecule has 1 heterocycles. The Morgan fingerprint density at radius 1 is 1.11 bits per heavy atom. The van der Waals surface area contributed by atoms with Gasteiger partial charge in [-0.3, -0.25) is 9.59 Å². The van der Waals surface area contributed by atoms with Crippen molar-refractivity contribution in [3.05, 3.63) is 53.1 Å². The summed E-state index contributed by atoms with van der Waals surface area (Å²) in [6, 6.07) is 12.1. The van der Waals surface area contributed by atoms with Crippen molar-refractivity contribution in [2.45, 2.75) is 12.5 Å². The summed E-state index contributed by atoms with van der Waals surface area (Å²) >= 11 is 6.04. The molecular weight excluding hydrogens is 384 g/mol. The summed E-state index contributed by atoms with van der Waals surface area (Å²) < 4.78 is 16.5. The second-order valence-corrected chi connectivity index (χ2v) is 6.88. The van der Waals surface area contributed by atoms with Gasteiger partial charge in [0.25, 0.3) is 0 Å². The van der Waals surface area contributed by atoms with E-state index in [0.717, 1.165) is 5.56 Å². The van der Waals surface area contributed by atoms with E-state index in [1.807, 2.05) is 6.07 Å². The summed E-state index contributed by atoms with van der Waals surface area (Å²) in [5.74, 6) is -0.440. The van der Waals surface area contributed by atoms with Crippen LogP contribution in [-0.2, 0) is 19.9 Å². The monoisotopic (exact) mass is 404 g/mol. The van der Waals surface area contributed by atoms with Crippen LogP contribution in [0.3, 0.4) is 0 Å². The summed E-state index contributed by atoms with van der Waals surface area (Å²) in [6.45, 7) is 2.81. The summed E-state index contributed by atoms with van der Waals surface area (Å²) in [7, 11) is 1.53. The van der Waals surface area contributed by atoms with Crippen LogP contribution in [0, 0.1) is 0 Å². The number of hydrogen-bond acceptors (Lipinski definition) is 5. The summed E-state index contributed by atoms with van der Waals surface area (Å²) in [6.07, 6.45) is 0.